The van der Waals surface area contributed by atoms with Crippen LogP contribution in [0.4, 0.5) is 0 Å². The Morgan fingerprint density at radius 3 is 1.72 bits per heavy atom. The second-order valence-corrected chi connectivity index (χ2v) is 18.9. The highest BCUT2D eigenvalue weighted by molar-refractivity contribution is 6.99. The molecule has 0 aromatic heterocycles. The molecule has 2 atom stereocenters. The summed E-state index contributed by atoms with van der Waals surface area (Å²) in [4.78, 5) is 0. The van der Waals surface area contributed by atoms with Gasteiger partial charge in [0.15, 0.2) is 0 Å². The summed E-state index contributed by atoms with van der Waals surface area (Å²) in [6.07, 6.45) is -0.611. The van der Waals surface area contributed by atoms with Gasteiger partial charge in [-0.05, 0) is 22.3 Å². The molecule has 0 spiro atoms. The van der Waals surface area contributed by atoms with Crippen molar-refractivity contribution in [1.29, 1.82) is 0 Å². The van der Waals surface area contributed by atoms with Gasteiger partial charge in [-0.3, -0.25) is 0 Å². The fourth-order valence-electron chi connectivity index (χ4n) is 3.54. The molecule has 0 aliphatic carbocycles. The van der Waals surface area contributed by atoms with Gasteiger partial charge in [0.25, 0.3) is 8.32 Å². The Bertz CT molecular complexity index is 785. The van der Waals surface area contributed by atoms with Gasteiger partial charge in [-0.2, -0.15) is 0 Å². The molecule has 4 heteroatoms. The van der Waals surface area contributed by atoms with Crippen molar-refractivity contribution in [2.75, 3.05) is 6.61 Å². The molecule has 0 saturated carbocycles. The first kappa shape index (κ1) is 23.6. The van der Waals surface area contributed by atoms with Crippen molar-refractivity contribution in [3.8, 4) is 11.5 Å². The van der Waals surface area contributed by atoms with Gasteiger partial charge in [0.1, 0.15) is 8.07 Å². The minimum Gasteiger partial charge on any atom is -0.405 e. The third kappa shape index (κ3) is 5.93. The van der Waals surface area contributed by atoms with E-state index in [4.69, 9.17) is 4.43 Å². The van der Waals surface area contributed by atoms with Gasteiger partial charge in [0, 0.05) is 5.92 Å². The molecule has 2 unspecified atom stereocenters. The summed E-state index contributed by atoms with van der Waals surface area (Å²) < 4.78 is 6.81. The maximum Gasteiger partial charge on any atom is 0.261 e. The predicted octanol–water partition coefficient (Wildman–Crippen LogP) is 4.44. The van der Waals surface area contributed by atoms with Gasteiger partial charge in [-0.25, -0.2) is 0 Å². The molecule has 0 amide bonds. The Balaban J connectivity index is 2.42. The molecule has 2 aromatic carbocycles. The Labute approximate surface area is 179 Å². The third-order valence-electron chi connectivity index (χ3n) is 5.14. The quantitative estimate of drug-likeness (QED) is 0.549. The highest BCUT2D eigenvalue weighted by Crippen LogP contribution is 2.36. The monoisotopic (exact) mass is 424 g/mol. The van der Waals surface area contributed by atoms with Crippen LogP contribution in [0.15, 0.2) is 60.7 Å². The molecular formula is C25H36O2Si2. The van der Waals surface area contributed by atoms with Crippen LogP contribution in [0.2, 0.25) is 24.7 Å². The van der Waals surface area contributed by atoms with Crippen LogP contribution in [0.3, 0.4) is 0 Å². The minimum absolute atomic E-state index is 0.0946. The molecular weight excluding hydrogens is 388 g/mol. The van der Waals surface area contributed by atoms with Crippen LogP contribution in [0, 0.1) is 17.4 Å². The maximum atomic E-state index is 10.8. The fourth-order valence-corrected chi connectivity index (χ4v) is 8.78. The number of aliphatic hydroxyl groups excluding tert-OH is 1. The van der Waals surface area contributed by atoms with Gasteiger partial charge in [-0.1, -0.05) is 101 Å². The lowest BCUT2D eigenvalue weighted by atomic mass is 10.1. The predicted molar refractivity (Wildman–Crippen MR) is 130 cm³/mol. The van der Waals surface area contributed by atoms with Gasteiger partial charge >= 0.3 is 0 Å². The van der Waals surface area contributed by atoms with Crippen molar-refractivity contribution < 1.29 is 9.53 Å². The number of rotatable bonds is 6. The first-order valence-corrected chi connectivity index (χ1v) is 15.8. The van der Waals surface area contributed by atoms with E-state index >= 15 is 0 Å². The normalized spacial score (nSPS) is 14.6. The Morgan fingerprint density at radius 1 is 0.897 bits per heavy atom. The lowest BCUT2D eigenvalue weighted by Gasteiger charge is -2.43. The highest BCUT2D eigenvalue weighted by atomic mass is 28.4. The molecule has 156 valence electrons. The van der Waals surface area contributed by atoms with E-state index in [-0.39, 0.29) is 17.6 Å². The largest absolute Gasteiger partial charge is 0.405 e. The van der Waals surface area contributed by atoms with Crippen LogP contribution < -0.4 is 10.4 Å². The minimum atomic E-state index is -2.62. The summed E-state index contributed by atoms with van der Waals surface area (Å²) in [6, 6.07) is 21.1. The third-order valence-corrected chi connectivity index (χ3v) is 11.0. The topological polar surface area (TPSA) is 29.5 Å². The highest BCUT2D eigenvalue weighted by Gasteiger charge is 2.50. The van der Waals surface area contributed by atoms with E-state index < -0.39 is 22.5 Å². The standard InChI is InChI=1S/C25H36O2Si2/c1-21(18-19-28(5,6)7)24(26)20-27-29(25(2,3)4,22-14-10-8-11-15-22)23-16-12-9-13-17-23/h8-17,21,24,26H,20H2,1-7H3. The van der Waals surface area contributed by atoms with Crippen molar-refractivity contribution in [2.45, 2.75) is 58.5 Å². The fraction of sp³-hybridized carbons (Fsp3) is 0.440. The molecule has 0 saturated heterocycles. The number of aliphatic hydroxyl groups is 1. The molecule has 0 radical (unpaired) electrons. The average Bonchev–Trinajstić information content (AvgIpc) is 2.66. The van der Waals surface area contributed by atoms with E-state index in [1.165, 1.54) is 10.4 Å². The Kier molecular flexibility index (Phi) is 7.70. The van der Waals surface area contributed by atoms with Crippen molar-refractivity contribution in [3.63, 3.8) is 0 Å². The van der Waals surface area contributed by atoms with E-state index in [0.717, 1.165) is 0 Å². The summed E-state index contributed by atoms with van der Waals surface area (Å²) in [5.74, 6) is 3.16. The molecule has 0 fully saturated rings. The number of benzene rings is 2. The second kappa shape index (κ2) is 9.44. The Hall–Kier alpha value is -1.65. The van der Waals surface area contributed by atoms with Gasteiger partial charge in [0.2, 0.25) is 0 Å². The van der Waals surface area contributed by atoms with E-state index in [1.54, 1.807) is 0 Å². The van der Waals surface area contributed by atoms with E-state index in [0.29, 0.717) is 0 Å². The smallest absolute Gasteiger partial charge is 0.261 e. The van der Waals surface area contributed by atoms with Crippen LogP contribution >= 0.6 is 0 Å². The second-order valence-electron chi connectivity index (χ2n) is 9.85. The van der Waals surface area contributed by atoms with E-state index in [9.17, 15) is 5.11 Å². The van der Waals surface area contributed by atoms with Crippen molar-refractivity contribution >= 4 is 26.8 Å². The first-order valence-electron chi connectivity index (χ1n) is 10.4. The zero-order chi connectivity index (χ0) is 21.7. The molecule has 2 rings (SSSR count). The molecule has 0 heterocycles. The molecule has 1 N–H and O–H groups in total. The molecule has 29 heavy (non-hydrogen) atoms. The average molecular weight is 425 g/mol. The molecule has 0 bridgehead atoms. The zero-order valence-corrected chi connectivity index (χ0v) is 21.0. The summed E-state index contributed by atoms with van der Waals surface area (Å²) in [6.45, 7) is 15.7. The summed E-state index contributed by atoms with van der Waals surface area (Å²) >= 11 is 0. The molecule has 0 aliphatic rings. The number of hydrogen-bond donors (Lipinski definition) is 1. The lowest BCUT2D eigenvalue weighted by molar-refractivity contribution is 0.0778. The van der Waals surface area contributed by atoms with E-state index in [2.05, 4.69) is 100 Å². The van der Waals surface area contributed by atoms with Crippen molar-refractivity contribution in [2.24, 2.45) is 5.92 Å². The summed E-state index contributed by atoms with van der Waals surface area (Å²) in [5.41, 5.74) is 3.38. The van der Waals surface area contributed by atoms with Gasteiger partial charge in [0.05, 0.1) is 12.7 Å². The summed E-state index contributed by atoms with van der Waals surface area (Å²) in [5, 5.41) is 13.2. The molecule has 0 aliphatic heterocycles. The van der Waals surface area contributed by atoms with Crippen molar-refractivity contribution in [1.82, 2.24) is 0 Å². The van der Waals surface area contributed by atoms with Crippen LogP contribution in [0.25, 0.3) is 0 Å². The summed E-state index contributed by atoms with van der Waals surface area (Å²) in [7, 11) is -4.08. The SMILES string of the molecule is CC(C#C[Si](C)(C)C)C(O)CO[Si](c1ccccc1)(c1ccccc1)C(C)(C)C. The molecule has 2 nitrogen and oxygen atoms in total. The lowest BCUT2D eigenvalue weighted by Crippen LogP contribution is -2.67. The first-order chi connectivity index (χ1) is 13.5. The van der Waals surface area contributed by atoms with Crippen molar-refractivity contribution in [3.05, 3.63) is 60.7 Å². The van der Waals surface area contributed by atoms with Crippen LogP contribution in [-0.4, -0.2) is 34.2 Å². The van der Waals surface area contributed by atoms with E-state index in [1.807, 2.05) is 19.1 Å². The Morgan fingerprint density at radius 2 is 1.34 bits per heavy atom. The van der Waals surface area contributed by atoms with Crippen LogP contribution in [0.5, 0.6) is 0 Å². The number of hydrogen-bond acceptors (Lipinski definition) is 2. The van der Waals surface area contributed by atoms with Crippen LogP contribution in [-0.2, 0) is 4.43 Å². The van der Waals surface area contributed by atoms with Gasteiger partial charge in [-0.15, -0.1) is 11.5 Å². The van der Waals surface area contributed by atoms with Gasteiger partial charge < -0.3 is 9.53 Å². The zero-order valence-electron chi connectivity index (χ0n) is 19.0. The molecule has 2 aromatic rings. The van der Waals surface area contributed by atoms with Crippen LogP contribution in [0.1, 0.15) is 27.7 Å². The maximum absolute atomic E-state index is 10.8.